The first kappa shape index (κ1) is 16.4. The van der Waals surface area contributed by atoms with Crippen LogP contribution in [-0.2, 0) is 10.3 Å². The van der Waals surface area contributed by atoms with E-state index in [2.05, 4.69) is 15.9 Å². The largest absolute Gasteiger partial charge is 1.00 e. The molecule has 1 aromatic carbocycles. The van der Waals surface area contributed by atoms with Crippen LogP contribution in [0.5, 0.6) is 0 Å². The first-order valence-corrected chi connectivity index (χ1v) is 6.53. The normalized spacial score (nSPS) is 11.1. The number of hydrogen-bond acceptors (Lipinski definition) is 3. The van der Waals surface area contributed by atoms with Crippen molar-refractivity contribution < 1.29 is 42.5 Å². The molecule has 1 rings (SSSR count). The Morgan fingerprint density at radius 2 is 1.94 bits per heavy atom. The van der Waals surface area contributed by atoms with Crippen molar-refractivity contribution in [3.05, 3.63) is 28.2 Å². The Kier molecular flexibility index (Phi) is 6.53. The van der Waals surface area contributed by atoms with Gasteiger partial charge in [-0.1, -0.05) is 19.9 Å². The molecule has 0 fully saturated rings. The quantitative estimate of drug-likeness (QED) is 0.601. The maximum absolute atomic E-state index is 10.5. The SMILES string of the molecule is CC(C)c1ccc(NS(=O)(=O)[O-])c(Br)c1.[Na+]. The van der Waals surface area contributed by atoms with Crippen LogP contribution in [0.1, 0.15) is 25.3 Å². The summed E-state index contributed by atoms with van der Waals surface area (Å²) in [5.74, 6) is 0.346. The number of halogens is 1. The van der Waals surface area contributed by atoms with Gasteiger partial charge in [0.05, 0.1) is 5.69 Å². The van der Waals surface area contributed by atoms with Gasteiger partial charge >= 0.3 is 29.6 Å². The van der Waals surface area contributed by atoms with E-state index >= 15 is 0 Å². The average molecular weight is 316 g/mol. The molecule has 84 valence electrons. The molecule has 0 radical (unpaired) electrons. The number of benzene rings is 1. The van der Waals surface area contributed by atoms with Gasteiger partial charge in [0.1, 0.15) is 0 Å². The minimum atomic E-state index is -4.46. The van der Waals surface area contributed by atoms with Crippen LogP contribution in [0.4, 0.5) is 5.69 Å². The van der Waals surface area contributed by atoms with Crippen LogP contribution in [0.2, 0.25) is 0 Å². The maximum atomic E-state index is 10.5. The molecule has 0 saturated carbocycles. The van der Waals surface area contributed by atoms with E-state index in [-0.39, 0.29) is 35.2 Å². The van der Waals surface area contributed by atoms with Crippen molar-refractivity contribution in [1.82, 2.24) is 0 Å². The predicted octanol–water partition coefficient (Wildman–Crippen LogP) is -0.551. The van der Waals surface area contributed by atoms with Crippen LogP contribution in [-0.4, -0.2) is 13.0 Å². The van der Waals surface area contributed by atoms with Crippen molar-refractivity contribution in [3.8, 4) is 0 Å². The molecule has 0 aromatic heterocycles. The summed E-state index contributed by atoms with van der Waals surface area (Å²) in [6.07, 6.45) is 0. The van der Waals surface area contributed by atoms with Crippen molar-refractivity contribution in [3.63, 3.8) is 0 Å². The van der Waals surface area contributed by atoms with Crippen LogP contribution >= 0.6 is 15.9 Å². The van der Waals surface area contributed by atoms with Crippen LogP contribution in [0.15, 0.2) is 22.7 Å². The van der Waals surface area contributed by atoms with Crippen molar-refractivity contribution in [2.75, 3.05) is 4.72 Å². The van der Waals surface area contributed by atoms with Gasteiger partial charge in [-0.2, -0.15) is 0 Å². The summed E-state index contributed by atoms with van der Waals surface area (Å²) in [7, 11) is -4.46. The third-order valence-electron chi connectivity index (χ3n) is 1.89. The number of rotatable bonds is 3. The van der Waals surface area contributed by atoms with Crippen molar-refractivity contribution in [2.24, 2.45) is 0 Å². The molecule has 7 heteroatoms. The molecule has 1 N–H and O–H groups in total. The molecule has 0 aliphatic rings. The van der Waals surface area contributed by atoms with Gasteiger partial charge in [0.15, 0.2) is 10.3 Å². The number of hydrogen-bond donors (Lipinski definition) is 1. The maximum Gasteiger partial charge on any atom is 1.00 e. The third kappa shape index (κ3) is 5.16. The van der Waals surface area contributed by atoms with Gasteiger partial charge in [-0.3, -0.25) is 4.72 Å². The molecule has 0 aliphatic carbocycles. The smallest absolute Gasteiger partial charge is 0.731 e. The van der Waals surface area contributed by atoms with Crippen molar-refractivity contribution >= 4 is 31.9 Å². The monoisotopic (exact) mass is 315 g/mol. The molecule has 0 atom stereocenters. The minimum Gasteiger partial charge on any atom is -0.731 e. The Hall–Kier alpha value is 0.410. The molecule has 0 amide bonds. The summed E-state index contributed by atoms with van der Waals surface area (Å²) in [5.41, 5.74) is 1.32. The van der Waals surface area contributed by atoms with E-state index in [9.17, 15) is 13.0 Å². The standard InChI is InChI=1S/C9H12BrNO3S.Na/c1-6(2)7-3-4-9(8(10)5-7)11-15(12,13)14;/h3-6,11H,1-2H3,(H,12,13,14);/q;+1/p-1. The Bertz CT molecular complexity index is 462. The zero-order valence-electron chi connectivity index (χ0n) is 9.32. The van der Waals surface area contributed by atoms with Crippen LogP contribution < -0.4 is 34.3 Å². The minimum absolute atomic E-state index is 0. The van der Waals surface area contributed by atoms with Crippen LogP contribution in [0.25, 0.3) is 0 Å². The molecule has 0 bridgehead atoms. The second-order valence-electron chi connectivity index (χ2n) is 3.45. The van der Waals surface area contributed by atoms with Gasteiger partial charge in [0, 0.05) is 4.47 Å². The zero-order valence-corrected chi connectivity index (χ0v) is 13.7. The Balaban J connectivity index is 0.00000225. The molecule has 0 heterocycles. The molecule has 16 heavy (non-hydrogen) atoms. The molecule has 0 aliphatic heterocycles. The van der Waals surface area contributed by atoms with E-state index in [0.717, 1.165) is 5.56 Å². The van der Waals surface area contributed by atoms with Gasteiger partial charge in [0.2, 0.25) is 0 Å². The van der Waals surface area contributed by atoms with E-state index in [1.165, 1.54) is 0 Å². The second kappa shape index (κ2) is 6.37. The summed E-state index contributed by atoms with van der Waals surface area (Å²) in [4.78, 5) is 0. The second-order valence-corrected chi connectivity index (χ2v) is 5.42. The molecule has 1 aromatic rings. The van der Waals surface area contributed by atoms with E-state index in [0.29, 0.717) is 10.4 Å². The first-order valence-electron chi connectivity index (χ1n) is 4.32. The number of anilines is 1. The Labute approximate surface area is 126 Å². The molecular weight excluding hydrogens is 305 g/mol. The van der Waals surface area contributed by atoms with Crippen LogP contribution in [0, 0.1) is 0 Å². The Morgan fingerprint density at radius 3 is 2.31 bits per heavy atom. The van der Waals surface area contributed by atoms with E-state index < -0.39 is 10.3 Å². The fraction of sp³-hybridized carbons (Fsp3) is 0.333. The Morgan fingerprint density at radius 1 is 1.38 bits per heavy atom. The first-order chi connectivity index (χ1) is 6.79. The summed E-state index contributed by atoms with van der Waals surface area (Å²) in [5, 5.41) is 0. The van der Waals surface area contributed by atoms with Gasteiger partial charge < -0.3 is 4.55 Å². The summed E-state index contributed by atoms with van der Waals surface area (Å²) in [6.45, 7) is 4.05. The van der Waals surface area contributed by atoms with Crippen molar-refractivity contribution in [1.29, 1.82) is 0 Å². The predicted molar refractivity (Wildman–Crippen MR) is 61.6 cm³/mol. The summed E-state index contributed by atoms with van der Waals surface area (Å²) in [6, 6.07) is 5.13. The van der Waals surface area contributed by atoms with E-state index in [1.807, 2.05) is 18.6 Å². The average Bonchev–Trinajstić information content (AvgIpc) is 2.05. The topological polar surface area (TPSA) is 69.2 Å². The fourth-order valence-electron chi connectivity index (χ4n) is 1.11. The van der Waals surface area contributed by atoms with Gasteiger partial charge in [0.25, 0.3) is 0 Å². The van der Waals surface area contributed by atoms with Crippen LogP contribution in [0.3, 0.4) is 0 Å². The molecule has 4 nitrogen and oxygen atoms in total. The van der Waals surface area contributed by atoms with E-state index in [4.69, 9.17) is 0 Å². The summed E-state index contributed by atoms with van der Waals surface area (Å²) < 4.78 is 33.9. The molecule has 0 unspecified atom stereocenters. The summed E-state index contributed by atoms with van der Waals surface area (Å²) >= 11 is 3.20. The molecular formula is C9H11BrNNaO3S. The van der Waals surface area contributed by atoms with Gasteiger partial charge in [-0.15, -0.1) is 0 Å². The van der Waals surface area contributed by atoms with Gasteiger partial charge in [-0.25, -0.2) is 8.42 Å². The van der Waals surface area contributed by atoms with Gasteiger partial charge in [-0.05, 0) is 39.5 Å². The third-order valence-corrected chi connectivity index (χ3v) is 3.02. The fourth-order valence-corrected chi connectivity index (χ4v) is 2.18. The zero-order chi connectivity index (χ0) is 11.6. The molecule has 0 saturated heterocycles. The van der Waals surface area contributed by atoms with E-state index in [1.54, 1.807) is 18.2 Å². The molecule has 0 spiro atoms. The van der Waals surface area contributed by atoms with Crippen molar-refractivity contribution in [2.45, 2.75) is 19.8 Å². The number of nitrogens with one attached hydrogen (secondary N) is 1.